The maximum Gasteiger partial charge on any atom is 0.123 e. The van der Waals surface area contributed by atoms with Crippen molar-refractivity contribution in [1.82, 2.24) is 4.98 Å². The molecule has 80 valence electrons. The van der Waals surface area contributed by atoms with Crippen LogP contribution in [0.3, 0.4) is 0 Å². The summed E-state index contributed by atoms with van der Waals surface area (Å²) in [5, 5.41) is 0.950. The van der Waals surface area contributed by atoms with Gasteiger partial charge in [0.2, 0.25) is 0 Å². The molecular formula is C12H15FN2. The summed E-state index contributed by atoms with van der Waals surface area (Å²) >= 11 is 0. The average Bonchev–Trinajstić information content (AvgIpc) is 2.44. The van der Waals surface area contributed by atoms with E-state index in [2.05, 4.69) is 4.98 Å². The molecule has 0 spiro atoms. The molecule has 1 aromatic heterocycles. The third-order valence-corrected chi connectivity index (χ3v) is 2.65. The zero-order valence-electron chi connectivity index (χ0n) is 8.97. The van der Waals surface area contributed by atoms with Crippen LogP contribution in [0.5, 0.6) is 0 Å². The largest absolute Gasteiger partial charge is 0.358 e. The van der Waals surface area contributed by atoms with Crippen LogP contribution < -0.4 is 5.73 Å². The molecule has 0 radical (unpaired) electrons. The number of aromatic nitrogens is 1. The molecule has 0 fully saturated rings. The molecule has 2 rings (SSSR count). The van der Waals surface area contributed by atoms with E-state index in [0.29, 0.717) is 0 Å². The van der Waals surface area contributed by atoms with Gasteiger partial charge in [0.25, 0.3) is 0 Å². The van der Waals surface area contributed by atoms with Gasteiger partial charge in [0.1, 0.15) is 5.82 Å². The maximum atomic E-state index is 13.0. The van der Waals surface area contributed by atoms with Gasteiger partial charge in [-0.05, 0) is 37.6 Å². The topological polar surface area (TPSA) is 41.8 Å². The van der Waals surface area contributed by atoms with Gasteiger partial charge < -0.3 is 10.7 Å². The molecule has 0 saturated heterocycles. The zero-order chi connectivity index (χ0) is 11.0. The molecule has 1 aromatic carbocycles. The van der Waals surface area contributed by atoms with Crippen LogP contribution >= 0.6 is 0 Å². The number of benzene rings is 1. The Labute approximate surface area is 88.3 Å². The van der Waals surface area contributed by atoms with Crippen molar-refractivity contribution in [3.63, 3.8) is 0 Å². The monoisotopic (exact) mass is 206 g/mol. The Hall–Kier alpha value is -1.35. The van der Waals surface area contributed by atoms with Gasteiger partial charge in [0.05, 0.1) is 0 Å². The molecule has 0 aliphatic carbocycles. The quantitative estimate of drug-likeness (QED) is 0.778. The lowest BCUT2D eigenvalue weighted by molar-refractivity contribution is 0.629. The number of aryl methyl sites for hydroxylation is 1. The highest BCUT2D eigenvalue weighted by Gasteiger charge is 2.09. The van der Waals surface area contributed by atoms with Gasteiger partial charge in [-0.3, -0.25) is 0 Å². The average molecular weight is 206 g/mol. The van der Waals surface area contributed by atoms with E-state index in [1.165, 1.54) is 6.07 Å². The van der Waals surface area contributed by atoms with Crippen LogP contribution in [0.15, 0.2) is 18.2 Å². The summed E-state index contributed by atoms with van der Waals surface area (Å²) in [6.07, 6.45) is 0.794. The standard InChI is InChI=1S/C12H15FN2/c1-7(14)5-12-8(2)10-6-9(13)3-4-11(10)15-12/h3-4,6-7,15H,5,14H2,1-2H3. The number of nitrogens with two attached hydrogens (primary N) is 1. The van der Waals surface area contributed by atoms with Crippen molar-refractivity contribution in [1.29, 1.82) is 0 Å². The highest BCUT2D eigenvalue weighted by molar-refractivity contribution is 5.84. The smallest absolute Gasteiger partial charge is 0.123 e. The Morgan fingerprint density at radius 1 is 1.47 bits per heavy atom. The molecule has 1 unspecified atom stereocenters. The van der Waals surface area contributed by atoms with E-state index < -0.39 is 0 Å². The van der Waals surface area contributed by atoms with Crippen LogP contribution in [0, 0.1) is 12.7 Å². The molecule has 15 heavy (non-hydrogen) atoms. The first-order chi connectivity index (χ1) is 7.08. The fraction of sp³-hybridized carbons (Fsp3) is 0.333. The summed E-state index contributed by atoms with van der Waals surface area (Å²) < 4.78 is 13.0. The van der Waals surface area contributed by atoms with Crippen molar-refractivity contribution in [3.8, 4) is 0 Å². The number of fused-ring (bicyclic) bond motifs is 1. The van der Waals surface area contributed by atoms with Gasteiger partial charge in [-0.1, -0.05) is 0 Å². The van der Waals surface area contributed by atoms with E-state index in [1.54, 1.807) is 12.1 Å². The lowest BCUT2D eigenvalue weighted by Gasteiger charge is -2.03. The summed E-state index contributed by atoms with van der Waals surface area (Å²) in [6.45, 7) is 3.96. The van der Waals surface area contributed by atoms with Crippen molar-refractivity contribution >= 4 is 10.9 Å². The van der Waals surface area contributed by atoms with E-state index in [-0.39, 0.29) is 11.9 Å². The van der Waals surface area contributed by atoms with Gasteiger partial charge in [-0.15, -0.1) is 0 Å². The van der Waals surface area contributed by atoms with Gasteiger partial charge in [-0.25, -0.2) is 4.39 Å². The van der Waals surface area contributed by atoms with Crippen LogP contribution in [0.2, 0.25) is 0 Å². The molecule has 0 aliphatic heterocycles. The second-order valence-electron chi connectivity index (χ2n) is 4.10. The summed E-state index contributed by atoms with van der Waals surface area (Å²) in [5.74, 6) is -0.197. The van der Waals surface area contributed by atoms with E-state index in [0.717, 1.165) is 28.6 Å². The third kappa shape index (κ3) is 1.88. The summed E-state index contributed by atoms with van der Waals surface area (Å²) in [7, 11) is 0. The van der Waals surface area contributed by atoms with E-state index >= 15 is 0 Å². The summed E-state index contributed by atoms with van der Waals surface area (Å²) in [4.78, 5) is 3.28. The number of nitrogens with one attached hydrogen (secondary N) is 1. The lowest BCUT2D eigenvalue weighted by Crippen LogP contribution is -2.18. The van der Waals surface area contributed by atoms with Crippen LogP contribution in [0.4, 0.5) is 4.39 Å². The Morgan fingerprint density at radius 2 is 2.20 bits per heavy atom. The SMILES string of the molecule is Cc1c(CC(C)N)[nH]c2ccc(F)cc12. The maximum absolute atomic E-state index is 13.0. The Kier molecular flexibility index (Phi) is 2.49. The first-order valence-electron chi connectivity index (χ1n) is 5.10. The molecule has 1 heterocycles. The molecule has 2 aromatic rings. The highest BCUT2D eigenvalue weighted by atomic mass is 19.1. The number of rotatable bonds is 2. The van der Waals surface area contributed by atoms with Crippen molar-refractivity contribution < 1.29 is 4.39 Å². The number of H-pyrrole nitrogens is 1. The van der Waals surface area contributed by atoms with Crippen LogP contribution in [0.25, 0.3) is 10.9 Å². The predicted octanol–water partition coefficient (Wildman–Crippen LogP) is 2.51. The summed E-state index contributed by atoms with van der Waals surface area (Å²) in [6, 6.07) is 4.91. The molecule has 3 N–H and O–H groups in total. The van der Waals surface area contributed by atoms with Crippen molar-refractivity contribution in [2.45, 2.75) is 26.3 Å². The van der Waals surface area contributed by atoms with E-state index in [1.807, 2.05) is 13.8 Å². The molecule has 3 heteroatoms. The van der Waals surface area contributed by atoms with Crippen LogP contribution in [-0.2, 0) is 6.42 Å². The minimum absolute atomic E-state index is 0.113. The number of halogens is 1. The third-order valence-electron chi connectivity index (χ3n) is 2.65. The fourth-order valence-electron chi connectivity index (χ4n) is 1.88. The van der Waals surface area contributed by atoms with Crippen molar-refractivity contribution in [2.75, 3.05) is 0 Å². The van der Waals surface area contributed by atoms with Crippen LogP contribution in [-0.4, -0.2) is 11.0 Å². The van der Waals surface area contributed by atoms with E-state index in [9.17, 15) is 4.39 Å². The Bertz CT molecular complexity index is 486. The number of aromatic amines is 1. The Balaban J connectivity index is 2.54. The Morgan fingerprint density at radius 3 is 2.87 bits per heavy atom. The second-order valence-corrected chi connectivity index (χ2v) is 4.10. The van der Waals surface area contributed by atoms with E-state index in [4.69, 9.17) is 5.73 Å². The minimum Gasteiger partial charge on any atom is -0.358 e. The van der Waals surface area contributed by atoms with Gasteiger partial charge in [0, 0.05) is 29.1 Å². The minimum atomic E-state index is -0.197. The molecule has 1 atom stereocenters. The zero-order valence-corrected chi connectivity index (χ0v) is 8.97. The number of hydrogen-bond donors (Lipinski definition) is 2. The molecule has 0 amide bonds. The molecule has 0 saturated carbocycles. The molecule has 2 nitrogen and oxygen atoms in total. The first-order valence-corrected chi connectivity index (χ1v) is 5.10. The predicted molar refractivity (Wildman–Crippen MR) is 60.3 cm³/mol. The lowest BCUT2D eigenvalue weighted by atomic mass is 10.1. The van der Waals surface area contributed by atoms with Crippen molar-refractivity contribution in [3.05, 3.63) is 35.3 Å². The second kappa shape index (κ2) is 3.66. The molecule has 0 bridgehead atoms. The van der Waals surface area contributed by atoms with Gasteiger partial charge in [0.15, 0.2) is 0 Å². The molecule has 0 aliphatic rings. The van der Waals surface area contributed by atoms with Crippen molar-refractivity contribution in [2.24, 2.45) is 5.73 Å². The summed E-state index contributed by atoms with van der Waals surface area (Å²) in [5.41, 5.74) is 8.93. The molecular weight excluding hydrogens is 191 g/mol. The van der Waals surface area contributed by atoms with Crippen LogP contribution in [0.1, 0.15) is 18.2 Å². The van der Waals surface area contributed by atoms with Gasteiger partial charge in [-0.2, -0.15) is 0 Å². The first kappa shape index (κ1) is 10.2. The van der Waals surface area contributed by atoms with Gasteiger partial charge >= 0.3 is 0 Å². The number of hydrogen-bond acceptors (Lipinski definition) is 1. The highest BCUT2D eigenvalue weighted by Crippen LogP contribution is 2.23. The fourth-order valence-corrected chi connectivity index (χ4v) is 1.88. The normalized spacial score (nSPS) is 13.3.